The van der Waals surface area contributed by atoms with Gasteiger partial charge in [-0.25, -0.2) is 9.07 Å². The number of nitrogens with zero attached hydrogens (tertiary/aromatic N) is 3. The quantitative estimate of drug-likeness (QED) is 0.802. The smallest absolute Gasteiger partial charge is 0.254 e. The monoisotopic (exact) mass is 325 g/mol. The highest BCUT2D eigenvalue weighted by Gasteiger charge is 2.15. The number of hydrogen-bond donors (Lipinski definition) is 1. The van der Waals surface area contributed by atoms with E-state index in [1.807, 2.05) is 6.07 Å². The molecule has 5 nitrogen and oxygen atoms in total. The molecule has 0 unspecified atom stereocenters. The molecule has 0 saturated carbocycles. The van der Waals surface area contributed by atoms with E-state index in [1.54, 1.807) is 49.8 Å². The first-order valence-electron chi connectivity index (χ1n) is 7.37. The molecule has 6 heteroatoms. The molecule has 0 radical (unpaired) electrons. The summed E-state index contributed by atoms with van der Waals surface area (Å²) in [6, 6.07) is 12.7. The molecular formula is C18H16FN3O2. The minimum absolute atomic E-state index is 0.142. The Morgan fingerprint density at radius 3 is 2.75 bits per heavy atom. The van der Waals surface area contributed by atoms with Gasteiger partial charge in [0.25, 0.3) is 5.91 Å². The molecule has 1 heterocycles. The summed E-state index contributed by atoms with van der Waals surface area (Å²) in [5.41, 5.74) is 1.33. The van der Waals surface area contributed by atoms with Crippen LogP contribution in [0.15, 0.2) is 60.9 Å². The first kappa shape index (κ1) is 15.7. The molecule has 3 rings (SSSR count). The van der Waals surface area contributed by atoms with Gasteiger partial charge >= 0.3 is 0 Å². The third-order valence-electron chi connectivity index (χ3n) is 3.62. The Hall–Kier alpha value is -3.15. The number of hydrogen-bond acceptors (Lipinski definition) is 3. The van der Waals surface area contributed by atoms with E-state index in [4.69, 9.17) is 0 Å². The number of aromatic nitrogens is 2. The zero-order chi connectivity index (χ0) is 17.1. The van der Waals surface area contributed by atoms with E-state index in [2.05, 4.69) is 5.10 Å². The van der Waals surface area contributed by atoms with E-state index < -0.39 is 5.82 Å². The summed E-state index contributed by atoms with van der Waals surface area (Å²) in [6.07, 6.45) is 3.19. The fourth-order valence-electron chi connectivity index (χ4n) is 2.46. The Bertz CT molecular complexity index is 862. The van der Waals surface area contributed by atoms with Crippen molar-refractivity contribution in [1.82, 2.24) is 14.7 Å². The fraction of sp³-hybridized carbons (Fsp3) is 0.111. The van der Waals surface area contributed by atoms with Crippen LogP contribution in [0.2, 0.25) is 0 Å². The Kier molecular flexibility index (Phi) is 4.29. The van der Waals surface area contributed by atoms with Crippen LogP contribution in [-0.2, 0) is 6.54 Å². The molecule has 1 aromatic heterocycles. The van der Waals surface area contributed by atoms with Gasteiger partial charge in [0.15, 0.2) is 0 Å². The topological polar surface area (TPSA) is 58.4 Å². The first-order chi connectivity index (χ1) is 11.5. The number of carbonyl (C=O) groups is 1. The summed E-state index contributed by atoms with van der Waals surface area (Å²) in [4.78, 5) is 13.9. The molecule has 0 aliphatic carbocycles. The molecule has 1 N–H and O–H groups in total. The van der Waals surface area contributed by atoms with E-state index >= 15 is 0 Å². The maximum atomic E-state index is 14.3. The number of aromatic hydroxyl groups is 1. The standard InChI is InChI=1S/C18H16FN3O2/c1-21(12-13-4-2-5-15(23)10-13)18(24)14-6-7-17(16(19)11-14)22-9-3-8-20-22/h2-11,23H,12H2,1H3. The third-order valence-corrected chi connectivity index (χ3v) is 3.62. The van der Waals surface area contributed by atoms with Crippen molar-refractivity contribution in [3.8, 4) is 11.4 Å². The van der Waals surface area contributed by atoms with Crippen molar-refractivity contribution < 1.29 is 14.3 Å². The fourth-order valence-corrected chi connectivity index (χ4v) is 2.46. The first-order valence-corrected chi connectivity index (χ1v) is 7.37. The Labute approximate surface area is 138 Å². The summed E-state index contributed by atoms with van der Waals surface area (Å²) in [7, 11) is 1.63. The third kappa shape index (κ3) is 3.27. The van der Waals surface area contributed by atoms with Crippen molar-refractivity contribution in [2.24, 2.45) is 0 Å². The number of phenolic OH excluding ortho intramolecular Hbond substituents is 1. The lowest BCUT2D eigenvalue weighted by molar-refractivity contribution is 0.0784. The molecular weight excluding hydrogens is 309 g/mol. The van der Waals surface area contributed by atoms with Gasteiger partial charge in [-0.15, -0.1) is 0 Å². The number of amides is 1. The van der Waals surface area contributed by atoms with Crippen molar-refractivity contribution in [3.63, 3.8) is 0 Å². The van der Waals surface area contributed by atoms with Gasteiger partial charge in [0, 0.05) is 31.5 Å². The highest BCUT2D eigenvalue weighted by Crippen LogP contribution is 2.17. The number of halogens is 1. The van der Waals surface area contributed by atoms with Gasteiger partial charge in [-0.05, 0) is 42.0 Å². The molecule has 0 atom stereocenters. The summed E-state index contributed by atoms with van der Waals surface area (Å²) in [6.45, 7) is 0.315. The zero-order valence-corrected chi connectivity index (χ0v) is 13.1. The summed E-state index contributed by atoms with van der Waals surface area (Å²) < 4.78 is 15.7. The summed E-state index contributed by atoms with van der Waals surface area (Å²) in [5, 5.41) is 13.5. The van der Waals surface area contributed by atoms with E-state index in [9.17, 15) is 14.3 Å². The molecule has 0 spiro atoms. The normalized spacial score (nSPS) is 10.6. The number of phenols is 1. The van der Waals surface area contributed by atoms with Gasteiger partial charge in [-0.3, -0.25) is 4.79 Å². The second-order valence-electron chi connectivity index (χ2n) is 5.45. The van der Waals surface area contributed by atoms with Gasteiger partial charge in [-0.1, -0.05) is 12.1 Å². The highest BCUT2D eigenvalue weighted by molar-refractivity contribution is 5.94. The van der Waals surface area contributed by atoms with Crippen LogP contribution < -0.4 is 0 Å². The lowest BCUT2D eigenvalue weighted by Crippen LogP contribution is -2.26. The molecule has 0 bridgehead atoms. The lowest BCUT2D eigenvalue weighted by Gasteiger charge is -2.18. The second kappa shape index (κ2) is 6.54. The van der Waals surface area contributed by atoms with Crippen LogP contribution in [-0.4, -0.2) is 32.7 Å². The number of rotatable bonds is 4. The Morgan fingerprint density at radius 2 is 2.08 bits per heavy atom. The molecule has 0 fully saturated rings. The van der Waals surface area contributed by atoms with E-state index in [1.165, 1.54) is 21.7 Å². The van der Waals surface area contributed by atoms with Crippen molar-refractivity contribution in [1.29, 1.82) is 0 Å². The van der Waals surface area contributed by atoms with Crippen LogP contribution in [0.1, 0.15) is 15.9 Å². The molecule has 122 valence electrons. The molecule has 0 aliphatic heterocycles. The molecule has 1 amide bonds. The van der Waals surface area contributed by atoms with Gasteiger partial charge in [0.05, 0.1) is 0 Å². The minimum atomic E-state index is -0.518. The summed E-state index contributed by atoms with van der Waals surface area (Å²) in [5.74, 6) is -0.678. The predicted molar refractivity (Wildman–Crippen MR) is 87.4 cm³/mol. The van der Waals surface area contributed by atoms with Crippen LogP contribution in [0.3, 0.4) is 0 Å². The van der Waals surface area contributed by atoms with Crippen LogP contribution in [0.4, 0.5) is 4.39 Å². The van der Waals surface area contributed by atoms with Crippen LogP contribution in [0, 0.1) is 5.82 Å². The number of benzene rings is 2. The van der Waals surface area contributed by atoms with E-state index in [-0.39, 0.29) is 22.9 Å². The van der Waals surface area contributed by atoms with Gasteiger partial charge in [0.2, 0.25) is 0 Å². The maximum Gasteiger partial charge on any atom is 0.254 e. The van der Waals surface area contributed by atoms with Gasteiger partial charge in [-0.2, -0.15) is 5.10 Å². The molecule has 0 saturated heterocycles. The van der Waals surface area contributed by atoms with Crippen LogP contribution in [0.5, 0.6) is 5.75 Å². The molecule has 2 aromatic carbocycles. The SMILES string of the molecule is CN(Cc1cccc(O)c1)C(=O)c1ccc(-n2cccn2)c(F)c1. The molecule has 24 heavy (non-hydrogen) atoms. The Morgan fingerprint density at radius 1 is 1.25 bits per heavy atom. The van der Waals surface area contributed by atoms with Crippen molar-refractivity contribution in [3.05, 3.63) is 77.9 Å². The highest BCUT2D eigenvalue weighted by atomic mass is 19.1. The lowest BCUT2D eigenvalue weighted by atomic mass is 10.1. The molecule has 0 aliphatic rings. The van der Waals surface area contributed by atoms with E-state index in [0.29, 0.717) is 6.54 Å². The number of carbonyl (C=O) groups excluding carboxylic acids is 1. The minimum Gasteiger partial charge on any atom is -0.508 e. The largest absolute Gasteiger partial charge is 0.508 e. The zero-order valence-electron chi connectivity index (χ0n) is 13.1. The average Bonchev–Trinajstić information content (AvgIpc) is 3.08. The van der Waals surface area contributed by atoms with Crippen LogP contribution >= 0.6 is 0 Å². The van der Waals surface area contributed by atoms with Crippen LogP contribution in [0.25, 0.3) is 5.69 Å². The second-order valence-corrected chi connectivity index (χ2v) is 5.45. The van der Waals surface area contributed by atoms with Crippen molar-refractivity contribution in [2.45, 2.75) is 6.54 Å². The van der Waals surface area contributed by atoms with Gasteiger partial charge < -0.3 is 10.0 Å². The van der Waals surface area contributed by atoms with Gasteiger partial charge in [0.1, 0.15) is 17.3 Å². The Balaban J connectivity index is 1.78. The summed E-state index contributed by atoms with van der Waals surface area (Å²) >= 11 is 0. The average molecular weight is 325 g/mol. The van der Waals surface area contributed by atoms with Crippen molar-refractivity contribution in [2.75, 3.05) is 7.05 Å². The van der Waals surface area contributed by atoms with Crippen molar-refractivity contribution >= 4 is 5.91 Å². The maximum absolute atomic E-state index is 14.3. The van der Waals surface area contributed by atoms with E-state index in [0.717, 1.165) is 5.56 Å². The predicted octanol–water partition coefficient (Wildman–Crippen LogP) is 2.99. The molecule has 3 aromatic rings.